The number of ether oxygens (including phenoxy) is 1. The molecule has 0 fully saturated rings. The predicted octanol–water partition coefficient (Wildman–Crippen LogP) is 2.32. The summed E-state index contributed by atoms with van der Waals surface area (Å²) in [5.41, 5.74) is 1.91. The number of aryl methyl sites for hydroxylation is 1. The van der Waals surface area contributed by atoms with Crippen molar-refractivity contribution < 1.29 is 14.3 Å². The Balaban J connectivity index is 2.00. The van der Waals surface area contributed by atoms with Crippen molar-refractivity contribution in [3.63, 3.8) is 0 Å². The number of amides is 1. The summed E-state index contributed by atoms with van der Waals surface area (Å²) in [6.45, 7) is 2.06. The highest BCUT2D eigenvalue weighted by molar-refractivity contribution is 5.94. The van der Waals surface area contributed by atoms with Gasteiger partial charge in [-0.05, 0) is 24.5 Å². The van der Waals surface area contributed by atoms with Gasteiger partial charge in [-0.2, -0.15) is 0 Å². The van der Waals surface area contributed by atoms with E-state index in [0.717, 1.165) is 24.1 Å². The van der Waals surface area contributed by atoms with Crippen LogP contribution >= 0.6 is 0 Å². The van der Waals surface area contributed by atoms with Gasteiger partial charge in [-0.1, -0.05) is 13.0 Å². The van der Waals surface area contributed by atoms with Crippen molar-refractivity contribution in [3.05, 3.63) is 23.8 Å². The molecule has 0 aromatic heterocycles. The minimum absolute atomic E-state index is 0.0294. The second-order valence-corrected chi connectivity index (χ2v) is 4.44. The van der Waals surface area contributed by atoms with Crippen LogP contribution in [0, 0.1) is 0 Å². The number of Topliss-reactive ketones (excluding diaryl/α,β-unsaturated/α-hetero) is 1. The van der Waals surface area contributed by atoms with Gasteiger partial charge in [0, 0.05) is 24.6 Å². The summed E-state index contributed by atoms with van der Waals surface area (Å²) in [5.74, 6) is 0.751. The highest BCUT2D eigenvalue weighted by atomic mass is 16.5. The van der Waals surface area contributed by atoms with E-state index >= 15 is 0 Å². The Morgan fingerprint density at radius 3 is 3.00 bits per heavy atom. The van der Waals surface area contributed by atoms with Gasteiger partial charge in [0.05, 0.1) is 0 Å². The van der Waals surface area contributed by atoms with E-state index in [1.807, 2.05) is 19.1 Å². The lowest BCUT2D eigenvalue weighted by Crippen LogP contribution is -2.19. The van der Waals surface area contributed by atoms with E-state index in [1.54, 1.807) is 6.07 Å². The molecular weight excluding hydrogens is 230 g/mol. The Bertz CT molecular complexity index is 468. The zero-order valence-electron chi connectivity index (χ0n) is 10.5. The molecule has 0 atom stereocenters. The number of hydrogen-bond acceptors (Lipinski definition) is 3. The van der Waals surface area contributed by atoms with Crippen LogP contribution in [0.5, 0.6) is 5.75 Å². The van der Waals surface area contributed by atoms with Crippen molar-refractivity contribution in [1.29, 1.82) is 0 Å². The first-order valence-electron chi connectivity index (χ1n) is 6.26. The lowest BCUT2D eigenvalue weighted by molar-refractivity contribution is -0.121. The third kappa shape index (κ3) is 3.09. The standard InChI is InChI=1S/C14H17NO3/c1-2-3-11(16)9-18-12-6-4-10-5-7-14(17)15-13(10)8-12/h4,6,8H,2-3,5,7,9H2,1H3,(H,15,17). The molecule has 4 nitrogen and oxygen atoms in total. The minimum atomic E-state index is 0.0294. The van der Waals surface area contributed by atoms with Crippen molar-refractivity contribution in [1.82, 2.24) is 0 Å². The van der Waals surface area contributed by atoms with Crippen LogP contribution in [-0.4, -0.2) is 18.3 Å². The van der Waals surface area contributed by atoms with Gasteiger partial charge < -0.3 is 10.1 Å². The first kappa shape index (κ1) is 12.6. The molecule has 18 heavy (non-hydrogen) atoms. The van der Waals surface area contributed by atoms with Crippen LogP contribution in [-0.2, 0) is 16.0 Å². The molecule has 96 valence electrons. The number of anilines is 1. The topological polar surface area (TPSA) is 55.4 Å². The molecule has 0 bridgehead atoms. The molecule has 0 unspecified atom stereocenters. The molecule has 0 saturated carbocycles. The maximum atomic E-state index is 11.4. The summed E-state index contributed by atoms with van der Waals surface area (Å²) >= 11 is 0. The largest absolute Gasteiger partial charge is 0.486 e. The van der Waals surface area contributed by atoms with Crippen LogP contribution in [0.1, 0.15) is 31.7 Å². The number of nitrogens with one attached hydrogen (secondary N) is 1. The van der Waals surface area contributed by atoms with Crippen molar-refractivity contribution in [2.24, 2.45) is 0 Å². The van der Waals surface area contributed by atoms with Crippen LogP contribution in [0.2, 0.25) is 0 Å². The number of ketones is 1. The van der Waals surface area contributed by atoms with Crippen LogP contribution < -0.4 is 10.1 Å². The summed E-state index contributed by atoms with van der Waals surface area (Å²) in [6, 6.07) is 5.57. The summed E-state index contributed by atoms with van der Waals surface area (Å²) in [4.78, 5) is 22.6. The lowest BCUT2D eigenvalue weighted by atomic mass is 10.0. The molecule has 0 radical (unpaired) electrons. The Labute approximate surface area is 106 Å². The summed E-state index contributed by atoms with van der Waals surface area (Å²) in [6.07, 6.45) is 2.67. The van der Waals surface area contributed by atoms with Crippen molar-refractivity contribution >= 4 is 17.4 Å². The highest BCUT2D eigenvalue weighted by Crippen LogP contribution is 2.27. The lowest BCUT2D eigenvalue weighted by Gasteiger charge is -2.17. The number of fused-ring (bicyclic) bond motifs is 1. The first-order chi connectivity index (χ1) is 8.69. The van der Waals surface area contributed by atoms with E-state index in [-0.39, 0.29) is 18.3 Å². The van der Waals surface area contributed by atoms with Crippen molar-refractivity contribution in [2.75, 3.05) is 11.9 Å². The maximum Gasteiger partial charge on any atom is 0.224 e. The van der Waals surface area contributed by atoms with Crippen molar-refractivity contribution in [2.45, 2.75) is 32.6 Å². The predicted molar refractivity (Wildman–Crippen MR) is 68.8 cm³/mol. The Kier molecular flexibility index (Phi) is 3.97. The fourth-order valence-electron chi connectivity index (χ4n) is 1.96. The molecule has 1 aliphatic heterocycles. The zero-order valence-corrected chi connectivity index (χ0v) is 10.5. The molecule has 1 N–H and O–H groups in total. The molecule has 1 amide bonds. The number of carbonyl (C=O) groups is 2. The third-order valence-corrected chi connectivity index (χ3v) is 2.91. The molecule has 1 heterocycles. The van der Waals surface area contributed by atoms with Crippen LogP contribution in [0.3, 0.4) is 0 Å². The molecule has 1 aromatic rings. The summed E-state index contributed by atoms with van der Waals surface area (Å²) in [7, 11) is 0. The molecule has 4 heteroatoms. The van der Waals surface area contributed by atoms with Gasteiger partial charge in [0.15, 0.2) is 5.78 Å². The molecule has 2 rings (SSSR count). The van der Waals surface area contributed by atoms with Crippen LogP contribution in [0.25, 0.3) is 0 Å². The fraction of sp³-hybridized carbons (Fsp3) is 0.429. The van der Waals surface area contributed by atoms with Crippen LogP contribution in [0.4, 0.5) is 5.69 Å². The Hall–Kier alpha value is -1.84. The van der Waals surface area contributed by atoms with E-state index in [9.17, 15) is 9.59 Å². The zero-order chi connectivity index (χ0) is 13.0. The van der Waals surface area contributed by atoms with Gasteiger partial charge in [-0.3, -0.25) is 9.59 Å². The van der Waals surface area contributed by atoms with Gasteiger partial charge in [0.25, 0.3) is 0 Å². The van der Waals surface area contributed by atoms with E-state index in [1.165, 1.54) is 0 Å². The number of carbonyl (C=O) groups excluding carboxylic acids is 2. The molecule has 1 aromatic carbocycles. The highest BCUT2D eigenvalue weighted by Gasteiger charge is 2.15. The maximum absolute atomic E-state index is 11.4. The van der Waals surface area contributed by atoms with E-state index in [0.29, 0.717) is 18.6 Å². The van der Waals surface area contributed by atoms with Crippen LogP contribution in [0.15, 0.2) is 18.2 Å². The van der Waals surface area contributed by atoms with E-state index in [2.05, 4.69) is 5.32 Å². The average Bonchev–Trinajstić information content (AvgIpc) is 2.36. The normalized spacial score (nSPS) is 13.7. The second-order valence-electron chi connectivity index (χ2n) is 4.44. The Morgan fingerprint density at radius 1 is 1.39 bits per heavy atom. The monoisotopic (exact) mass is 247 g/mol. The first-order valence-corrected chi connectivity index (χ1v) is 6.26. The van der Waals surface area contributed by atoms with Gasteiger partial charge in [0.1, 0.15) is 12.4 Å². The van der Waals surface area contributed by atoms with Gasteiger partial charge in [0.2, 0.25) is 5.91 Å². The van der Waals surface area contributed by atoms with Gasteiger partial charge in [-0.15, -0.1) is 0 Å². The quantitative estimate of drug-likeness (QED) is 0.868. The van der Waals surface area contributed by atoms with Gasteiger partial charge in [-0.25, -0.2) is 0 Å². The molecule has 0 spiro atoms. The average molecular weight is 247 g/mol. The molecule has 0 saturated heterocycles. The summed E-state index contributed by atoms with van der Waals surface area (Å²) in [5, 5.41) is 2.81. The SMILES string of the molecule is CCCC(=O)COc1ccc2c(c1)NC(=O)CC2. The Morgan fingerprint density at radius 2 is 2.22 bits per heavy atom. The number of rotatable bonds is 5. The smallest absolute Gasteiger partial charge is 0.224 e. The van der Waals surface area contributed by atoms with Gasteiger partial charge >= 0.3 is 0 Å². The third-order valence-electron chi connectivity index (χ3n) is 2.91. The fourth-order valence-corrected chi connectivity index (χ4v) is 1.96. The van der Waals surface area contributed by atoms with Crippen molar-refractivity contribution in [3.8, 4) is 5.75 Å². The minimum Gasteiger partial charge on any atom is -0.486 e. The van der Waals surface area contributed by atoms with E-state index in [4.69, 9.17) is 4.74 Å². The molecular formula is C14H17NO3. The molecule has 0 aliphatic carbocycles. The second kappa shape index (κ2) is 5.67. The number of hydrogen-bond donors (Lipinski definition) is 1. The van der Waals surface area contributed by atoms with E-state index < -0.39 is 0 Å². The number of benzene rings is 1. The summed E-state index contributed by atoms with van der Waals surface area (Å²) < 4.78 is 5.42. The molecule has 1 aliphatic rings.